The van der Waals surface area contributed by atoms with E-state index in [0.717, 1.165) is 31.2 Å². The Hall–Kier alpha value is -2.83. The van der Waals surface area contributed by atoms with E-state index in [4.69, 9.17) is 4.74 Å². The third-order valence-electron chi connectivity index (χ3n) is 5.55. The molecule has 1 aromatic carbocycles. The van der Waals surface area contributed by atoms with Crippen molar-refractivity contribution >= 4 is 23.6 Å². The fraction of sp³-hybridized carbons (Fsp3) is 0.500. The molecule has 1 heterocycles. The number of carbonyl (C=O) groups excluding carboxylic acids is 3. The Morgan fingerprint density at radius 3 is 2.38 bits per heavy atom. The average Bonchev–Trinajstić information content (AvgIpc) is 3.20. The minimum atomic E-state index is -0.607. The summed E-state index contributed by atoms with van der Waals surface area (Å²) in [5.41, 5.74) is 2.42. The Labute approximate surface area is 171 Å². The first kappa shape index (κ1) is 20.9. The van der Waals surface area contributed by atoms with E-state index >= 15 is 0 Å². The summed E-state index contributed by atoms with van der Waals surface area (Å²) in [5, 5.41) is 5.82. The molecule has 0 bridgehead atoms. The highest BCUT2D eigenvalue weighted by molar-refractivity contribution is 5.95. The van der Waals surface area contributed by atoms with Crippen LogP contribution in [0.3, 0.4) is 0 Å². The summed E-state index contributed by atoms with van der Waals surface area (Å²) in [6.45, 7) is 5.31. The fourth-order valence-corrected chi connectivity index (χ4v) is 3.82. The average molecular weight is 399 g/mol. The largest absolute Gasteiger partial charge is 0.459 e. The first-order valence-corrected chi connectivity index (χ1v) is 10.1. The van der Waals surface area contributed by atoms with Crippen LogP contribution < -0.4 is 10.6 Å². The molecule has 0 radical (unpaired) electrons. The normalized spacial score (nSPS) is 20.1. The summed E-state index contributed by atoms with van der Waals surface area (Å²) in [6, 6.07) is 6.34. The maximum absolute atomic E-state index is 12.7. The molecule has 0 aromatic heterocycles. The van der Waals surface area contributed by atoms with Crippen molar-refractivity contribution in [3.63, 3.8) is 0 Å². The van der Waals surface area contributed by atoms with Crippen molar-refractivity contribution in [2.45, 2.75) is 58.6 Å². The van der Waals surface area contributed by atoms with Crippen LogP contribution in [0.5, 0.6) is 0 Å². The molecule has 1 aromatic rings. The Morgan fingerprint density at radius 2 is 1.79 bits per heavy atom. The van der Waals surface area contributed by atoms with E-state index in [1.54, 1.807) is 40.0 Å². The molecule has 0 spiro atoms. The zero-order valence-electron chi connectivity index (χ0n) is 17.5. The smallest absolute Gasteiger partial charge is 0.338 e. The highest BCUT2D eigenvalue weighted by Crippen LogP contribution is 2.32. The topological polar surface area (TPSA) is 87.7 Å². The highest BCUT2D eigenvalue weighted by Gasteiger charge is 2.35. The molecule has 1 unspecified atom stereocenters. The number of nitrogens with zero attached hydrogens (tertiary/aromatic N) is 1. The summed E-state index contributed by atoms with van der Waals surface area (Å²) in [6.07, 6.45) is 3.83. The first-order chi connectivity index (χ1) is 13.8. The van der Waals surface area contributed by atoms with Gasteiger partial charge in [-0.15, -0.1) is 0 Å². The van der Waals surface area contributed by atoms with Crippen molar-refractivity contribution in [3.8, 4) is 0 Å². The van der Waals surface area contributed by atoms with Gasteiger partial charge in [-0.05, 0) is 51.3 Å². The number of nitrogens with one attached hydrogen (secondary N) is 2. The summed E-state index contributed by atoms with van der Waals surface area (Å²) < 4.78 is 5.40. The Balaban J connectivity index is 1.82. The Kier molecular flexibility index (Phi) is 6.25. The number of hydrogen-bond donors (Lipinski definition) is 2. The highest BCUT2D eigenvalue weighted by atomic mass is 16.5. The van der Waals surface area contributed by atoms with Gasteiger partial charge in [-0.1, -0.05) is 25.0 Å². The van der Waals surface area contributed by atoms with Gasteiger partial charge < -0.3 is 20.3 Å². The monoisotopic (exact) mass is 399 g/mol. The molecule has 1 atom stereocenters. The summed E-state index contributed by atoms with van der Waals surface area (Å²) in [5.74, 6) is -0.307. The van der Waals surface area contributed by atoms with Crippen LogP contribution in [-0.2, 0) is 14.3 Å². The number of benzene rings is 1. The lowest BCUT2D eigenvalue weighted by atomic mass is 9.95. The van der Waals surface area contributed by atoms with E-state index in [9.17, 15) is 14.4 Å². The van der Waals surface area contributed by atoms with Gasteiger partial charge >= 0.3 is 12.0 Å². The summed E-state index contributed by atoms with van der Waals surface area (Å²) >= 11 is 0. The van der Waals surface area contributed by atoms with E-state index < -0.39 is 12.0 Å². The maximum atomic E-state index is 12.7. The van der Waals surface area contributed by atoms with Gasteiger partial charge in [-0.25, -0.2) is 9.59 Å². The number of amides is 3. The lowest BCUT2D eigenvalue weighted by Gasteiger charge is -2.33. The van der Waals surface area contributed by atoms with Crippen LogP contribution in [0.1, 0.15) is 58.1 Å². The SMILES string of the molecule is CC1=C(C(=O)OC(C)C)C(c2ccc(NC(=O)C3CCCC3)cc2)NC(=O)N1C. The zero-order chi connectivity index (χ0) is 21.1. The van der Waals surface area contributed by atoms with Gasteiger partial charge in [-0.2, -0.15) is 0 Å². The van der Waals surface area contributed by atoms with Crippen molar-refractivity contribution in [1.29, 1.82) is 0 Å². The minimum Gasteiger partial charge on any atom is -0.459 e. The van der Waals surface area contributed by atoms with E-state index in [1.165, 1.54) is 4.90 Å². The van der Waals surface area contributed by atoms with E-state index in [2.05, 4.69) is 10.6 Å². The van der Waals surface area contributed by atoms with Gasteiger partial charge in [0.1, 0.15) is 0 Å². The Morgan fingerprint density at radius 1 is 1.17 bits per heavy atom. The second-order valence-corrected chi connectivity index (χ2v) is 7.99. The van der Waals surface area contributed by atoms with E-state index in [0.29, 0.717) is 17.0 Å². The molecule has 29 heavy (non-hydrogen) atoms. The second-order valence-electron chi connectivity index (χ2n) is 7.99. The van der Waals surface area contributed by atoms with Crippen LogP contribution in [0.25, 0.3) is 0 Å². The molecule has 2 N–H and O–H groups in total. The molecule has 2 aliphatic rings. The zero-order valence-corrected chi connectivity index (χ0v) is 17.5. The van der Waals surface area contributed by atoms with Crippen molar-refractivity contribution in [2.75, 3.05) is 12.4 Å². The molecule has 1 saturated carbocycles. The predicted octanol–water partition coefficient (Wildman–Crippen LogP) is 3.74. The third-order valence-corrected chi connectivity index (χ3v) is 5.55. The lowest BCUT2D eigenvalue weighted by Crippen LogP contribution is -2.46. The fourth-order valence-electron chi connectivity index (χ4n) is 3.82. The number of rotatable bonds is 5. The van der Waals surface area contributed by atoms with E-state index in [-0.39, 0.29) is 24.0 Å². The molecular formula is C22H29N3O4. The lowest BCUT2D eigenvalue weighted by molar-refractivity contribution is -0.143. The molecule has 3 rings (SSSR count). The number of carbonyl (C=O) groups is 3. The maximum Gasteiger partial charge on any atom is 0.338 e. The third kappa shape index (κ3) is 4.60. The van der Waals surface area contributed by atoms with Crippen LogP contribution in [0.15, 0.2) is 35.5 Å². The number of allylic oxidation sites excluding steroid dienone is 1. The second kappa shape index (κ2) is 8.68. The standard InChI is InChI=1S/C22H29N3O4/c1-13(2)29-21(27)18-14(3)25(4)22(28)24-19(18)15-9-11-17(12-10-15)23-20(26)16-7-5-6-8-16/h9-13,16,19H,5-8H2,1-4H3,(H,23,26)(H,24,28). The number of ether oxygens (including phenoxy) is 1. The molecule has 1 aliphatic carbocycles. The molecule has 0 saturated heterocycles. The van der Waals surface area contributed by atoms with Crippen LogP contribution in [0.2, 0.25) is 0 Å². The minimum absolute atomic E-state index is 0.0554. The summed E-state index contributed by atoms with van der Waals surface area (Å²) in [4.78, 5) is 38.7. The van der Waals surface area contributed by atoms with Crippen LogP contribution in [-0.4, -0.2) is 36.0 Å². The molecule has 156 valence electrons. The van der Waals surface area contributed by atoms with Crippen molar-refractivity contribution in [2.24, 2.45) is 5.92 Å². The summed E-state index contributed by atoms with van der Waals surface area (Å²) in [7, 11) is 1.62. The molecule has 1 aliphatic heterocycles. The molecule has 1 fully saturated rings. The Bertz CT molecular complexity index is 823. The number of anilines is 1. The van der Waals surface area contributed by atoms with Gasteiger partial charge in [0.15, 0.2) is 0 Å². The van der Waals surface area contributed by atoms with Crippen molar-refractivity contribution in [3.05, 3.63) is 41.1 Å². The molecule has 3 amide bonds. The van der Waals surface area contributed by atoms with Gasteiger partial charge in [0.05, 0.1) is 17.7 Å². The first-order valence-electron chi connectivity index (χ1n) is 10.1. The van der Waals surface area contributed by atoms with Gasteiger partial charge in [0.25, 0.3) is 0 Å². The van der Waals surface area contributed by atoms with E-state index in [1.807, 2.05) is 12.1 Å². The molecule has 7 heteroatoms. The van der Waals surface area contributed by atoms with Crippen LogP contribution in [0.4, 0.5) is 10.5 Å². The van der Waals surface area contributed by atoms with Gasteiger partial charge in [0, 0.05) is 24.4 Å². The van der Waals surface area contributed by atoms with Gasteiger partial charge in [-0.3, -0.25) is 4.79 Å². The predicted molar refractivity (Wildman–Crippen MR) is 110 cm³/mol. The number of urea groups is 1. The van der Waals surface area contributed by atoms with Gasteiger partial charge in [0.2, 0.25) is 5.91 Å². The molecular weight excluding hydrogens is 370 g/mol. The van der Waals surface area contributed by atoms with Crippen molar-refractivity contribution < 1.29 is 19.1 Å². The van der Waals surface area contributed by atoms with Crippen molar-refractivity contribution in [1.82, 2.24) is 10.2 Å². The van der Waals surface area contributed by atoms with Crippen LogP contribution in [0, 0.1) is 5.92 Å². The number of esters is 1. The molecule has 7 nitrogen and oxygen atoms in total. The van der Waals surface area contributed by atoms with Crippen LogP contribution >= 0.6 is 0 Å². The number of hydrogen-bond acceptors (Lipinski definition) is 4. The quantitative estimate of drug-likeness (QED) is 0.739.